The molecule has 0 N–H and O–H groups in total. The second kappa shape index (κ2) is 6.75. The fraction of sp³-hybridized carbons (Fsp3) is 0.647. The van der Waals surface area contributed by atoms with Crippen molar-refractivity contribution in [2.75, 3.05) is 6.26 Å². The fourth-order valence-corrected chi connectivity index (χ4v) is 3.95. The summed E-state index contributed by atoms with van der Waals surface area (Å²) < 4.78 is 23.3. The van der Waals surface area contributed by atoms with Crippen molar-refractivity contribution in [3.05, 3.63) is 29.8 Å². The smallest absolute Gasteiger partial charge is 0.175 e. The van der Waals surface area contributed by atoms with Gasteiger partial charge in [0.15, 0.2) is 9.84 Å². The normalized spacial score (nSPS) is 23.7. The molecule has 0 unspecified atom stereocenters. The zero-order chi connectivity index (χ0) is 14.6. The summed E-state index contributed by atoms with van der Waals surface area (Å²) in [4.78, 5) is 0.461. The molecule has 0 spiro atoms. The lowest BCUT2D eigenvalue weighted by Gasteiger charge is -2.29. The van der Waals surface area contributed by atoms with Crippen molar-refractivity contribution in [1.82, 2.24) is 0 Å². The molecular weight excluding hydrogens is 268 g/mol. The lowest BCUT2D eigenvalue weighted by molar-refractivity contribution is 0.304. The fourth-order valence-electron chi connectivity index (χ4n) is 3.28. The minimum absolute atomic E-state index is 0.461. The number of hydrogen-bond acceptors (Lipinski definition) is 2. The molecule has 0 aliphatic heterocycles. The third kappa shape index (κ3) is 4.08. The predicted molar refractivity (Wildman–Crippen MR) is 83.8 cm³/mol. The maximum Gasteiger partial charge on any atom is 0.175 e. The summed E-state index contributed by atoms with van der Waals surface area (Å²) in [6.07, 6.45) is 10.3. The molecule has 2 rings (SSSR count). The Morgan fingerprint density at radius 3 is 2.45 bits per heavy atom. The molecule has 0 bridgehead atoms. The van der Waals surface area contributed by atoms with Crippen molar-refractivity contribution in [3.8, 4) is 0 Å². The Balaban J connectivity index is 2.00. The Hall–Kier alpha value is -0.830. The van der Waals surface area contributed by atoms with Crippen LogP contribution in [0.25, 0.3) is 0 Å². The highest BCUT2D eigenvalue weighted by atomic mass is 32.2. The van der Waals surface area contributed by atoms with Gasteiger partial charge in [-0.25, -0.2) is 8.42 Å². The van der Waals surface area contributed by atoms with Crippen molar-refractivity contribution in [2.24, 2.45) is 5.92 Å². The molecule has 20 heavy (non-hydrogen) atoms. The van der Waals surface area contributed by atoms with Crippen LogP contribution in [0.5, 0.6) is 0 Å². The Morgan fingerprint density at radius 2 is 1.85 bits per heavy atom. The lowest BCUT2D eigenvalue weighted by Crippen LogP contribution is -2.13. The largest absolute Gasteiger partial charge is 0.224 e. The lowest BCUT2D eigenvalue weighted by atomic mass is 9.77. The third-order valence-electron chi connectivity index (χ3n) is 4.57. The molecule has 0 amide bonds. The van der Waals surface area contributed by atoms with Crippen molar-refractivity contribution < 1.29 is 8.42 Å². The maximum absolute atomic E-state index is 11.6. The number of sulfone groups is 1. The number of unbranched alkanes of at least 4 members (excludes halogenated alkanes) is 1. The second-order valence-electron chi connectivity index (χ2n) is 6.20. The summed E-state index contributed by atoms with van der Waals surface area (Å²) in [5, 5.41) is 0. The molecule has 1 saturated carbocycles. The molecule has 0 radical (unpaired) electrons. The molecular formula is C17H26O2S. The van der Waals surface area contributed by atoms with E-state index < -0.39 is 9.84 Å². The van der Waals surface area contributed by atoms with Crippen molar-refractivity contribution >= 4 is 9.84 Å². The van der Waals surface area contributed by atoms with Gasteiger partial charge in [0.05, 0.1) is 4.90 Å². The van der Waals surface area contributed by atoms with E-state index in [4.69, 9.17) is 0 Å². The topological polar surface area (TPSA) is 34.1 Å². The molecule has 3 heteroatoms. The second-order valence-corrected chi connectivity index (χ2v) is 8.22. The molecule has 112 valence electrons. The van der Waals surface area contributed by atoms with Crippen LogP contribution in [0.4, 0.5) is 0 Å². The van der Waals surface area contributed by atoms with Crippen LogP contribution in [0, 0.1) is 5.92 Å². The van der Waals surface area contributed by atoms with Gasteiger partial charge in [-0.1, -0.05) is 38.3 Å². The Kier molecular flexibility index (Phi) is 5.25. The van der Waals surface area contributed by atoms with Gasteiger partial charge in [-0.2, -0.15) is 0 Å². The number of benzene rings is 1. The van der Waals surface area contributed by atoms with Crippen LogP contribution < -0.4 is 0 Å². The number of hydrogen-bond donors (Lipinski definition) is 0. The average Bonchev–Trinajstić information content (AvgIpc) is 2.45. The first kappa shape index (κ1) is 15.6. The van der Waals surface area contributed by atoms with Crippen molar-refractivity contribution in [2.45, 2.75) is 62.7 Å². The Bertz CT molecular complexity index is 526. The van der Waals surface area contributed by atoms with Gasteiger partial charge in [0.1, 0.15) is 0 Å². The van der Waals surface area contributed by atoms with Crippen LogP contribution >= 0.6 is 0 Å². The zero-order valence-electron chi connectivity index (χ0n) is 12.6. The van der Waals surface area contributed by atoms with E-state index >= 15 is 0 Å². The molecule has 1 aromatic rings. The van der Waals surface area contributed by atoms with Crippen LogP contribution in [-0.4, -0.2) is 14.7 Å². The number of rotatable bonds is 5. The molecule has 0 saturated heterocycles. The molecule has 1 aliphatic rings. The van der Waals surface area contributed by atoms with Crippen LogP contribution in [0.1, 0.15) is 63.4 Å². The molecule has 1 aliphatic carbocycles. The molecule has 0 heterocycles. The average molecular weight is 294 g/mol. The first-order valence-corrected chi connectivity index (χ1v) is 9.70. The monoisotopic (exact) mass is 294 g/mol. The summed E-state index contributed by atoms with van der Waals surface area (Å²) >= 11 is 0. The standard InChI is InChI=1S/C17H26O2S/c1-3-4-6-14-9-11-15(12-10-14)16-7-5-8-17(13-16)20(2,18)19/h5,7-8,13-15H,3-4,6,9-12H2,1-2H3. The summed E-state index contributed by atoms with van der Waals surface area (Å²) in [5.41, 5.74) is 1.21. The van der Waals surface area contributed by atoms with Crippen molar-refractivity contribution in [3.63, 3.8) is 0 Å². The van der Waals surface area contributed by atoms with E-state index in [-0.39, 0.29) is 0 Å². The highest BCUT2D eigenvalue weighted by Gasteiger charge is 2.22. The minimum Gasteiger partial charge on any atom is -0.224 e. The SMILES string of the molecule is CCCCC1CCC(c2cccc(S(C)(=O)=O)c2)CC1. The van der Waals surface area contributed by atoms with E-state index in [0.29, 0.717) is 10.8 Å². The van der Waals surface area contributed by atoms with Gasteiger partial charge in [-0.3, -0.25) is 0 Å². The van der Waals surface area contributed by atoms with Gasteiger partial charge < -0.3 is 0 Å². The van der Waals surface area contributed by atoms with E-state index in [1.54, 1.807) is 6.07 Å². The predicted octanol–water partition coefficient (Wildman–Crippen LogP) is 4.55. The summed E-state index contributed by atoms with van der Waals surface area (Å²) in [5.74, 6) is 1.44. The molecule has 0 atom stereocenters. The van der Waals surface area contributed by atoms with E-state index in [1.165, 1.54) is 56.8 Å². The van der Waals surface area contributed by atoms with E-state index in [1.807, 2.05) is 12.1 Å². The molecule has 1 fully saturated rings. The highest BCUT2D eigenvalue weighted by molar-refractivity contribution is 7.90. The molecule has 1 aromatic carbocycles. The van der Waals surface area contributed by atoms with Gasteiger partial charge in [0.2, 0.25) is 0 Å². The molecule has 0 aromatic heterocycles. The molecule has 2 nitrogen and oxygen atoms in total. The van der Waals surface area contributed by atoms with Crippen LogP contribution in [0.2, 0.25) is 0 Å². The first-order chi connectivity index (χ1) is 9.50. The summed E-state index contributed by atoms with van der Waals surface area (Å²) in [7, 11) is -3.09. The van der Waals surface area contributed by atoms with Crippen molar-refractivity contribution in [1.29, 1.82) is 0 Å². The van der Waals surface area contributed by atoms with Gasteiger partial charge in [0.25, 0.3) is 0 Å². The zero-order valence-corrected chi connectivity index (χ0v) is 13.5. The van der Waals surface area contributed by atoms with Crippen LogP contribution in [0.3, 0.4) is 0 Å². The van der Waals surface area contributed by atoms with Gasteiger partial charge >= 0.3 is 0 Å². The van der Waals surface area contributed by atoms with Gasteiger partial charge in [-0.15, -0.1) is 0 Å². The van der Waals surface area contributed by atoms with Gasteiger partial charge in [0, 0.05) is 6.26 Å². The highest BCUT2D eigenvalue weighted by Crippen LogP contribution is 2.38. The Labute approximate surface area is 123 Å². The van der Waals surface area contributed by atoms with E-state index in [9.17, 15) is 8.42 Å². The minimum atomic E-state index is -3.09. The van der Waals surface area contributed by atoms with Crippen LogP contribution in [0.15, 0.2) is 29.2 Å². The summed E-state index contributed by atoms with van der Waals surface area (Å²) in [6.45, 7) is 2.25. The summed E-state index contributed by atoms with van der Waals surface area (Å²) in [6, 6.07) is 7.55. The van der Waals surface area contributed by atoms with E-state index in [0.717, 1.165) is 5.92 Å². The van der Waals surface area contributed by atoms with Gasteiger partial charge in [-0.05, 0) is 55.2 Å². The third-order valence-corrected chi connectivity index (χ3v) is 5.68. The van der Waals surface area contributed by atoms with E-state index in [2.05, 4.69) is 13.0 Å². The maximum atomic E-state index is 11.6. The first-order valence-electron chi connectivity index (χ1n) is 7.80. The van der Waals surface area contributed by atoms with Crippen LogP contribution in [-0.2, 0) is 9.84 Å². The quantitative estimate of drug-likeness (QED) is 0.798. The Morgan fingerprint density at radius 1 is 1.15 bits per heavy atom.